The second kappa shape index (κ2) is 6.21. The molecule has 1 fully saturated rings. The molecule has 0 bridgehead atoms. The van der Waals surface area contributed by atoms with E-state index in [4.69, 9.17) is 0 Å². The summed E-state index contributed by atoms with van der Waals surface area (Å²) in [6.07, 6.45) is 5.83. The van der Waals surface area contributed by atoms with Gasteiger partial charge < -0.3 is 15.5 Å². The highest BCUT2D eigenvalue weighted by Crippen LogP contribution is 2.22. The van der Waals surface area contributed by atoms with E-state index in [0.29, 0.717) is 6.04 Å². The molecule has 0 radical (unpaired) electrons. The number of rotatable bonds is 4. The Morgan fingerprint density at radius 2 is 1.72 bits per heavy atom. The third-order valence-corrected chi connectivity index (χ3v) is 3.81. The number of benzene rings is 1. The minimum Gasteiger partial charge on any atom is -0.508 e. The lowest BCUT2D eigenvalue weighted by atomic mass is 9.94. The van der Waals surface area contributed by atoms with E-state index in [2.05, 4.69) is 5.32 Å². The topological polar surface area (TPSA) is 52.5 Å². The fourth-order valence-corrected chi connectivity index (χ4v) is 2.69. The number of aliphatic hydroxyl groups excluding tert-OH is 1. The zero-order valence-electron chi connectivity index (χ0n) is 11.0. The molecule has 1 saturated carbocycles. The van der Waals surface area contributed by atoms with Gasteiger partial charge >= 0.3 is 0 Å². The predicted octanol–water partition coefficient (Wildman–Crippen LogP) is 2.74. The lowest BCUT2D eigenvalue weighted by molar-refractivity contribution is 0.125. The Bertz CT molecular complexity index is 357. The normalized spacial score (nSPS) is 20.6. The van der Waals surface area contributed by atoms with E-state index in [1.54, 1.807) is 24.3 Å². The first-order valence-electron chi connectivity index (χ1n) is 6.90. The van der Waals surface area contributed by atoms with E-state index in [9.17, 15) is 10.2 Å². The summed E-state index contributed by atoms with van der Waals surface area (Å²) >= 11 is 0. The fraction of sp³-hybridized carbons (Fsp3) is 0.600. The second-order valence-electron chi connectivity index (χ2n) is 5.33. The van der Waals surface area contributed by atoms with Crippen LogP contribution in [0.2, 0.25) is 0 Å². The molecular weight excluding hydrogens is 226 g/mol. The minimum atomic E-state index is -0.521. The van der Waals surface area contributed by atoms with E-state index in [1.807, 2.05) is 6.92 Å². The van der Waals surface area contributed by atoms with Crippen LogP contribution in [0.25, 0.3) is 0 Å². The van der Waals surface area contributed by atoms with Crippen LogP contribution in [0, 0.1) is 0 Å². The molecule has 100 valence electrons. The molecule has 2 atom stereocenters. The summed E-state index contributed by atoms with van der Waals surface area (Å²) in [5, 5.41) is 23.0. The molecule has 0 aromatic heterocycles. The van der Waals surface area contributed by atoms with Crippen LogP contribution < -0.4 is 5.32 Å². The van der Waals surface area contributed by atoms with Crippen LogP contribution in [0.15, 0.2) is 24.3 Å². The standard InChI is InChI=1S/C15H23NO2/c1-11(16-13-5-3-2-4-6-13)15(18)12-7-9-14(17)10-8-12/h7-11,13,15-18H,2-6H2,1H3/t11-,15+/m1/s1. The highest BCUT2D eigenvalue weighted by Gasteiger charge is 2.21. The van der Waals surface area contributed by atoms with Gasteiger partial charge in [0.25, 0.3) is 0 Å². The number of phenols is 1. The first-order chi connectivity index (χ1) is 8.66. The molecule has 3 heteroatoms. The van der Waals surface area contributed by atoms with Gasteiger partial charge in [0.05, 0.1) is 6.10 Å². The Morgan fingerprint density at radius 1 is 1.11 bits per heavy atom. The maximum atomic E-state index is 10.3. The Labute approximate surface area is 109 Å². The van der Waals surface area contributed by atoms with Gasteiger partial charge in [-0.15, -0.1) is 0 Å². The molecule has 3 N–H and O–H groups in total. The van der Waals surface area contributed by atoms with Crippen LogP contribution in [0.3, 0.4) is 0 Å². The van der Waals surface area contributed by atoms with Crippen molar-refractivity contribution in [3.8, 4) is 5.75 Å². The van der Waals surface area contributed by atoms with Crippen LogP contribution in [-0.2, 0) is 0 Å². The van der Waals surface area contributed by atoms with Crippen molar-refractivity contribution in [1.29, 1.82) is 0 Å². The maximum Gasteiger partial charge on any atom is 0.115 e. The van der Waals surface area contributed by atoms with Gasteiger partial charge in [0.15, 0.2) is 0 Å². The van der Waals surface area contributed by atoms with E-state index in [1.165, 1.54) is 32.1 Å². The van der Waals surface area contributed by atoms with Crippen molar-refractivity contribution in [3.63, 3.8) is 0 Å². The molecule has 1 aliphatic carbocycles. The number of aliphatic hydroxyl groups is 1. The maximum absolute atomic E-state index is 10.3. The zero-order valence-corrected chi connectivity index (χ0v) is 11.0. The SMILES string of the molecule is C[C@@H](NC1CCCCC1)[C@H](O)c1ccc(O)cc1. The molecule has 0 unspecified atom stereocenters. The lowest BCUT2D eigenvalue weighted by Crippen LogP contribution is -2.41. The lowest BCUT2D eigenvalue weighted by Gasteiger charge is -2.29. The molecule has 3 nitrogen and oxygen atoms in total. The monoisotopic (exact) mass is 249 g/mol. The predicted molar refractivity (Wildman–Crippen MR) is 72.5 cm³/mol. The fourth-order valence-electron chi connectivity index (χ4n) is 2.69. The van der Waals surface area contributed by atoms with Gasteiger partial charge in [-0.05, 0) is 37.5 Å². The van der Waals surface area contributed by atoms with Crippen LogP contribution in [-0.4, -0.2) is 22.3 Å². The molecule has 0 spiro atoms. The Hall–Kier alpha value is -1.06. The van der Waals surface area contributed by atoms with Gasteiger partial charge in [-0.3, -0.25) is 0 Å². The van der Waals surface area contributed by atoms with E-state index >= 15 is 0 Å². The van der Waals surface area contributed by atoms with Gasteiger partial charge in [-0.1, -0.05) is 31.4 Å². The van der Waals surface area contributed by atoms with Gasteiger partial charge in [0, 0.05) is 12.1 Å². The molecule has 18 heavy (non-hydrogen) atoms. The average molecular weight is 249 g/mol. The molecule has 1 aromatic carbocycles. The van der Waals surface area contributed by atoms with Crippen LogP contribution in [0.4, 0.5) is 0 Å². The molecule has 1 aromatic rings. The van der Waals surface area contributed by atoms with E-state index in [-0.39, 0.29) is 11.8 Å². The summed E-state index contributed by atoms with van der Waals surface area (Å²) in [6.45, 7) is 2.02. The van der Waals surface area contributed by atoms with Crippen molar-refractivity contribution in [2.75, 3.05) is 0 Å². The van der Waals surface area contributed by atoms with Crippen molar-refractivity contribution >= 4 is 0 Å². The molecule has 1 aliphatic rings. The Kier molecular flexibility index (Phi) is 4.61. The highest BCUT2D eigenvalue weighted by molar-refractivity contribution is 5.27. The van der Waals surface area contributed by atoms with Gasteiger partial charge in [-0.2, -0.15) is 0 Å². The summed E-state index contributed by atoms with van der Waals surface area (Å²) < 4.78 is 0. The smallest absolute Gasteiger partial charge is 0.115 e. The molecule has 2 rings (SSSR count). The Morgan fingerprint density at radius 3 is 2.33 bits per heavy atom. The van der Waals surface area contributed by atoms with Crippen molar-refractivity contribution in [1.82, 2.24) is 5.32 Å². The van der Waals surface area contributed by atoms with E-state index < -0.39 is 6.10 Å². The Balaban J connectivity index is 1.91. The molecular formula is C15H23NO2. The summed E-state index contributed by atoms with van der Waals surface area (Å²) in [6, 6.07) is 7.37. The van der Waals surface area contributed by atoms with Crippen LogP contribution in [0.5, 0.6) is 5.75 Å². The molecule has 0 heterocycles. The van der Waals surface area contributed by atoms with Crippen LogP contribution >= 0.6 is 0 Å². The summed E-state index contributed by atoms with van der Waals surface area (Å²) in [5.74, 6) is 0.235. The number of hydrogen-bond acceptors (Lipinski definition) is 3. The van der Waals surface area contributed by atoms with Gasteiger partial charge in [0.1, 0.15) is 5.75 Å². The van der Waals surface area contributed by atoms with Crippen LogP contribution in [0.1, 0.15) is 50.7 Å². The second-order valence-corrected chi connectivity index (χ2v) is 5.33. The third kappa shape index (κ3) is 3.47. The molecule has 0 saturated heterocycles. The zero-order chi connectivity index (χ0) is 13.0. The molecule has 0 aliphatic heterocycles. The third-order valence-electron chi connectivity index (χ3n) is 3.81. The number of nitrogens with one attached hydrogen (secondary N) is 1. The van der Waals surface area contributed by atoms with Crippen molar-refractivity contribution < 1.29 is 10.2 Å². The number of hydrogen-bond donors (Lipinski definition) is 3. The quantitative estimate of drug-likeness (QED) is 0.769. The first-order valence-corrected chi connectivity index (χ1v) is 6.90. The molecule has 0 amide bonds. The summed E-state index contributed by atoms with van der Waals surface area (Å²) in [5.41, 5.74) is 0.851. The largest absolute Gasteiger partial charge is 0.508 e. The highest BCUT2D eigenvalue weighted by atomic mass is 16.3. The number of phenolic OH excluding ortho intramolecular Hbond substituents is 1. The van der Waals surface area contributed by atoms with Crippen molar-refractivity contribution in [2.45, 2.75) is 57.2 Å². The van der Waals surface area contributed by atoms with E-state index in [0.717, 1.165) is 5.56 Å². The van der Waals surface area contributed by atoms with Crippen molar-refractivity contribution in [3.05, 3.63) is 29.8 Å². The van der Waals surface area contributed by atoms with Gasteiger partial charge in [0.2, 0.25) is 0 Å². The number of aromatic hydroxyl groups is 1. The van der Waals surface area contributed by atoms with Crippen molar-refractivity contribution in [2.24, 2.45) is 0 Å². The minimum absolute atomic E-state index is 0.0395. The van der Waals surface area contributed by atoms with Gasteiger partial charge in [-0.25, -0.2) is 0 Å². The summed E-state index contributed by atoms with van der Waals surface area (Å²) in [7, 11) is 0. The first kappa shape index (κ1) is 13.4. The average Bonchev–Trinajstić information content (AvgIpc) is 2.40. The summed E-state index contributed by atoms with van der Waals surface area (Å²) in [4.78, 5) is 0.